The van der Waals surface area contributed by atoms with Gasteiger partial charge in [-0.2, -0.15) is 0 Å². The van der Waals surface area contributed by atoms with Crippen LogP contribution in [0.3, 0.4) is 0 Å². The van der Waals surface area contributed by atoms with Crippen molar-refractivity contribution < 1.29 is 4.79 Å². The van der Waals surface area contributed by atoms with Crippen molar-refractivity contribution in [3.63, 3.8) is 0 Å². The number of nitrogens with zero attached hydrogens (tertiary/aromatic N) is 1. The predicted molar refractivity (Wildman–Crippen MR) is 71.1 cm³/mol. The highest BCUT2D eigenvalue weighted by Gasteiger charge is 2.50. The maximum Gasteiger partial charge on any atom is 0.238 e. The van der Waals surface area contributed by atoms with Crippen molar-refractivity contribution in [2.24, 2.45) is 11.8 Å². The van der Waals surface area contributed by atoms with Crippen LogP contribution in [0.2, 0.25) is 0 Å². The van der Waals surface area contributed by atoms with E-state index < -0.39 is 0 Å². The van der Waals surface area contributed by atoms with Gasteiger partial charge in [-0.3, -0.25) is 10.1 Å². The molecule has 4 heteroatoms. The lowest BCUT2D eigenvalue weighted by molar-refractivity contribution is -0.131. The Morgan fingerprint density at radius 2 is 2.00 bits per heavy atom. The maximum absolute atomic E-state index is 12.3. The van der Waals surface area contributed by atoms with Gasteiger partial charge in [-0.1, -0.05) is 6.07 Å². The maximum atomic E-state index is 12.3. The molecule has 0 radical (unpaired) electrons. The standard InChI is InChI=1S/C14H18N2OS/c17-12-8-15-14(11-2-1-7-18-11)16(12)13(9-3-4-9)10-5-6-10/h1-2,7,9-10,13-15H,3-6,8H2. The number of rotatable bonds is 4. The molecule has 96 valence electrons. The van der Waals surface area contributed by atoms with Crippen molar-refractivity contribution in [1.29, 1.82) is 0 Å². The van der Waals surface area contributed by atoms with Crippen LogP contribution >= 0.6 is 11.3 Å². The van der Waals surface area contributed by atoms with Crippen LogP contribution in [-0.2, 0) is 4.79 Å². The van der Waals surface area contributed by atoms with Gasteiger partial charge in [0.05, 0.1) is 6.54 Å². The van der Waals surface area contributed by atoms with Gasteiger partial charge in [0.1, 0.15) is 6.17 Å². The van der Waals surface area contributed by atoms with Gasteiger partial charge in [-0.15, -0.1) is 11.3 Å². The average molecular weight is 262 g/mol. The Morgan fingerprint density at radius 1 is 1.28 bits per heavy atom. The zero-order valence-corrected chi connectivity index (χ0v) is 11.2. The van der Waals surface area contributed by atoms with Crippen LogP contribution < -0.4 is 5.32 Å². The summed E-state index contributed by atoms with van der Waals surface area (Å²) in [5.41, 5.74) is 0. The van der Waals surface area contributed by atoms with Crippen LogP contribution in [0.1, 0.15) is 36.7 Å². The minimum atomic E-state index is 0.142. The van der Waals surface area contributed by atoms with Crippen LogP contribution in [0.5, 0.6) is 0 Å². The van der Waals surface area contributed by atoms with E-state index in [-0.39, 0.29) is 6.17 Å². The first-order valence-electron chi connectivity index (χ1n) is 6.92. The highest BCUT2D eigenvalue weighted by Crippen LogP contribution is 2.49. The Kier molecular flexibility index (Phi) is 2.49. The normalized spacial score (nSPS) is 28.4. The number of hydrogen-bond acceptors (Lipinski definition) is 3. The third-order valence-corrected chi connectivity index (χ3v) is 5.28. The van der Waals surface area contributed by atoms with Crippen LogP contribution in [-0.4, -0.2) is 23.4 Å². The van der Waals surface area contributed by atoms with E-state index in [2.05, 4.69) is 27.7 Å². The molecule has 2 aliphatic carbocycles. The molecule has 18 heavy (non-hydrogen) atoms. The molecule has 2 heterocycles. The van der Waals surface area contributed by atoms with Gasteiger partial charge in [-0.05, 0) is 49.0 Å². The summed E-state index contributed by atoms with van der Waals surface area (Å²) < 4.78 is 0. The van der Waals surface area contributed by atoms with Crippen LogP contribution in [0, 0.1) is 11.8 Å². The van der Waals surface area contributed by atoms with Gasteiger partial charge in [-0.25, -0.2) is 0 Å². The molecule has 0 aromatic carbocycles. The number of carbonyl (C=O) groups is 1. The fourth-order valence-electron chi connectivity index (χ4n) is 3.26. The second kappa shape index (κ2) is 4.07. The second-order valence-electron chi connectivity index (χ2n) is 5.77. The predicted octanol–water partition coefficient (Wildman–Crippen LogP) is 2.37. The Labute approximate surface area is 111 Å². The van der Waals surface area contributed by atoms with Crippen molar-refractivity contribution >= 4 is 17.2 Å². The Balaban J connectivity index is 1.64. The van der Waals surface area contributed by atoms with E-state index in [0.717, 1.165) is 11.8 Å². The number of carbonyl (C=O) groups excluding carboxylic acids is 1. The molecule has 3 fully saturated rings. The van der Waals surface area contributed by atoms with Gasteiger partial charge >= 0.3 is 0 Å². The molecule has 1 aromatic rings. The van der Waals surface area contributed by atoms with Gasteiger partial charge in [0.2, 0.25) is 5.91 Å². The molecular formula is C14H18N2OS. The first kappa shape index (κ1) is 11.0. The largest absolute Gasteiger partial charge is 0.317 e. The minimum absolute atomic E-state index is 0.142. The molecule has 1 atom stereocenters. The molecule has 1 unspecified atom stereocenters. The number of nitrogens with one attached hydrogen (secondary N) is 1. The lowest BCUT2D eigenvalue weighted by Crippen LogP contribution is -2.42. The van der Waals surface area contributed by atoms with Crippen molar-refractivity contribution in [2.75, 3.05) is 6.54 Å². The molecule has 1 N–H and O–H groups in total. The SMILES string of the molecule is O=C1CNC(c2cccs2)N1C(C1CC1)C1CC1. The Hall–Kier alpha value is -0.870. The van der Waals surface area contributed by atoms with E-state index in [1.807, 2.05) is 0 Å². The van der Waals surface area contributed by atoms with E-state index in [9.17, 15) is 4.79 Å². The lowest BCUT2D eigenvalue weighted by Gasteiger charge is -2.32. The molecule has 1 amide bonds. The fourth-order valence-corrected chi connectivity index (χ4v) is 4.05. The molecule has 1 aromatic heterocycles. The van der Waals surface area contributed by atoms with E-state index in [4.69, 9.17) is 0 Å². The highest BCUT2D eigenvalue weighted by molar-refractivity contribution is 7.10. The van der Waals surface area contributed by atoms with E-state index >= 15 is 0 Å². The summed E-state index contributed by atoms with van der Waals surface area (Å²) in [6, 6.07) is 4.73. The van der Waals surface area contributed by atoms with Crippen LogP contribution in [0.4, 0.5) is 0 Å². The quantitative estimate of drug-likeness (QED) is 0.903. The Morgan fingerprint density at radius 3 is 2.56 bits per heavy atom. The Bertz CT molecular complexity index is 438. The van der Waals surface area contributed by atoms with Gasteiger partial charge in [0, 0.05) is 10.9 Å². The van der Waals surface area contributed by atoms with E-state index in [1.165, 1.54) is 30.6 Å². The van der Waals surface area contributed by atoms with Crippen molar-refractivity contribution in [2.45, 2.75) is 37.9 Å². The van der Waals surface area contributed by atoms with E-state index in [1.54, 1.807) is 11.3 Å². The molecule has 3 aliphatic rings. The van der Waals surface area contributed by atoms with Crippen LogP contribution in [0.15, 0.2) is 17.5 Å². The number of amides is 1. The molecule has 4 rings (SSSR count). The summed E-state index contributed by atoms with van der Waals surface area (Å²) in [4.78, 5) is 15.7. The zero-order chi connectivity index (χ0) is 12.1. The number of hydrogen-bond donors (Lipinski definition) is 1. The molecule has 0 bridgehead atoms. The van der Waals surface area contributed by atoms with Crippen molar-refractivity contribution in [1.82, 2.24) is 10.2 Å². The molecule has 1 aliphatic heterocycles. The summed E-state index contributed by atoms with van der Waals surface area (Å²) in [7, 11) is 0. The minimum Gasteiger partial charge on any atom is -0.317 e. The zero-order valence-electron chi connectivity index (χ0n) is 10.3. The summed E-state index contributed by atoms with van der Waals surface area (Å²) in [5.74, 6) is 1.87. The first-order chi connectivity index (χ1) is 8.84. The lowest BCUT2D eigenvalue weighted by atomic mass is 10.0. The van der Waals surface area contributed by atoms with Crippen molar-refractivity contribution in [3.8, 4) is 0 Å². The highest BCUT2D eigenvalue weighted by atomic mass is 32.1. The third-order valence-electron chi connectivity index (χ3n) is 4.36. The van der Waals surface area contributed by atoms with Gasteiger partial charge in [0.15, 0.2) is 0 Å². The average Bonchev–Trinajstić information content (AvgIpc) is 3.27. The van der Waals surface area contributed by atoms with Gasteiger partial charge < -0.3 is 4.90 Å². The van der Waals surface area contributed by atoms with Crippen LogP contribution in [0.25, 0.3) is 0 Å². The monoisotopic (exact) mass is 262 g/mol. The summed E-state index contributed by atoms with van der Waals surface area (Å²) >= 11 is 1.75. The molecule has 3 nitrogen and oxygen atoms in total. The van der Waals surface area contributed by atoms with Gasteiger partial charge in [0.25, 0.3) is 0 Å². The molecule has 2 saturated carbocycles. The smallest absolute Gasteiger partial charge is 0.238 e. The first-order valence-corrected chi connectivity index (χ1v) is 7.80. The number of thiophene rings is 1. The van der Waals surface area contributed by atoms with Crippen molar-refractivity contribution in [3.05, 3.63) is 22.4 Å². The summed E-state index contributed by atoms with van der Waals surface area (Å²) in [6.07, 6.45) is 5.43. The van der Waals surface area contributed by atoms with E-state index in [0.29, 0.717) is 18.5 Å². The molecule has 0 spiro atoms. The topological polar surface area (TPSA) is 32.3 Å². The molecule has 1 saturated heterocycles. The fraction of sp³-hybridized carbons (Fsp3) is 0.643. The second-order valence-corrected chi connectivity index (χ2v) is 6.74. The summed E-state index contributed by atoms with van der Waals surface area (Å²) in [6.45, 7) is 0.512. The third kappa shape index (κ3) is 1.79. The molecular weight excluding hydrogens is 244 g/mol. The summed E-state index contributed by atoms with van der Waals surface area (Å²) in [5, 5.41) is 5.49.